The number of halogens is 1. The zero-order valence-corrected chi connectivity index (χ0v) is 13.8. The second kappa shape index (κ2) is 6.27. The van der Waals surface area contributed by atoms with Gasteiger partial charge in [-0.1, -0.05) is 18.9 Å². The lowest BCUT2D eigenvalue weighted by molar-refractivity contribution is 0.345. The number of fused-ring (bicyclic) bond motifs is 1. The maximum absolute atomic E-state index is 13.0. The minimum absolute atomic E-state index is 0.0626. The Morgan fingerprint density at radius 3 is 2.71 bits per heavy atom. The Labute approximate surface area is 132 Å². The summed E-state index contributed by atoms with van der Waals surface area (Å²) >= 11 is 6.03. The number of nitrogens with zero attached hydrogens (tertiary/aromatic N) is 1. The van der Waals surface area contributed by atoms with Crippen LogP contribution in [0.25, 0.3) is 0 Å². The smallest absolute Gasteiger partial charge is 0.207 e. The highest BCUT2D eigenvalue weighted by atomic mass is 35.5. The summed E-state index contributed by atoms with van der Waals surface area (Å²) in [6.45, 7) is 0.594. The Morgan fingerprint density at radius 1 is 1.10 bits per heavy atom. The predicted octanol–water partition coefficient (Wildman–Crippen LogP) is 3.35. The lowest BCUT2D eigenvalue weighted by Crippen LogP contribution is -2.41. The van der Waals surface area contributed by atoms with Gasteiger partial charge >= 0.3 is 0 Å². The molecular formula is C16H22ClNO2S. The van der Waals surface area contributed by atoms with Crippen LogP contribution < -0.4 is 0 Å². The van der Waals surface area contributed by atoms with E-state index in [0.717, 1.165) is 44.9 Å². The topological polar surface area (TPSA) is 37.4 Å². The van der Waals surface area contributed by atoms with E-state index in [4.69, 9.17) is 11.6 Å². The van der Waals surface area contributed by atoms with Crippen LogP contribution in [0.4, 0.5) is 0 Å². The van der Waals surface area contributed by atoms with Gasteiger partial charge in [-0.2, -0.15) is 4.31 Å². The van der Waals surface area contributed by atoms with Gasteiger partial charge in [0.2, 0.25) is 10.0 Å². The summed E-state index contributed by atoms with van der Waals surface area (Å²) in [5.41, 5.74) is 2.51. The van der Waals surface area contributed by atoms with Crippen LogP contribution in [0.2, 0.25) is 0 Å². The largest absolute Gasteiger partial charge is 0.243 e. The average molecular weight is 328 g/mol. The summed E-state index contributed by atoms with van der Waals surface area (Å²) in [7, 11) is -3.42. The SMILES string of the molecule is O=S(=O)(c1ccc2c(c1)CCC2)N1CCCCCC1CCl. The van der Waals surface area contributed by atoms with E-state index in [1.807, 2.05) is 12.1 Å². The third-order valence-electron chi connectivity index (χ3n) is 4.68. The Hall–Kier alpha value is -0.580. The monoisotopic (exact) mass is 327 g/mol. The van der Waals surface area contributed by atoms with Crippen molar-refractivity contribution in [1.29, 1.82) is 0 Å². The van der Waals surface area contributed by atoms with E-state index >= 15 is 0 Å². The van der Waals surface area contributed by atoms with Gasteiger partial charge in [-0.25, -0.2) is 8.42 Å². The van der Waals surface area contributed by atoms with Crippen molar-refractivity contribution in [3.63, 3.8) is 0 Å². The van der Waals surface area contributed by atoms with Crippen molar-refractivity contribution in [2.75, 3.05) is 12.4 Å². The molecule has 0 bridgehead atoms. The third-order valence-corrected chi connectivity index (χ3v) is 6.98. The van der Waals surface area contributed by atoms with E-state index in [1.165, 1.54) is 11.1 Å². The van der Waals surface area contributed by atoms with Crippen LogP contribution in [-0.4, -0.2) is 31.2 Å². The Morgan fingerprint density at radius 2 is 1.90 bits per heavy atom. The molecule has 1 unspecified atom stereocenters. The van der Waals surface area contributed by atoms with E-state index < -0.39 is 10.0 Å². The second-order valence-electron chi connectivity index (χ2n) is 6.06. The van der Waals surface area contributed by atoms with Crippen molar-refractivity contribution in [1.82, 2.24) is 4.31 Å². The highest BCUT2D eigenvalue weighted by Gasteiger charge is 2.32. The van der Waals surface area contributed by atoms with Crippen LogP contribution >= 0.6 is 11.6 Å². The molecule has 0 aromatic heterocycles. The molecule has 1 fully saturated rings. The first-order chi connectivity index (χ1) is 10.1. The molecule has 116 valence electrons. The van der Waals surface area contributed by atoms with Crippen LogP contribution in [0.1, 0.15) is 43.2 Å². The molecule has 1 aliphatic carbocycles. The fraction of sp³-hybridized carbons (Fsp3) is 0.625. The van der Waals surface area contributed by atoms with Gasteiger partial charge in [-0.15, -0.1) is 11.6 Å². The summed E-state index contributed by atoms with van der Waals surface area (Å²) in [5.74, 6) is 0.379. The van der Waals surface area contributed by atoms with Gasteiger partial charge in [0.25, 0.3) is 0 Å². The molecule has 1 saturated heterocycles. The maximum Gasteiger partial charge on any atom is 0.243 e. The van der Waals surface area contributed by atoms with Crippen LogP contribution in [-0.2, 0) is 22.9 Å². The molecule has 21 heavy (non-hydrogen) atoms. The lowest BCUT2D eigenvalue weighted by Gasteiger charge is -2.27. The van der Waals surface area contributed by atoms with E-state index in [0.29, 0.717) is 17.3 Å². The van der Waals surface area contributed by atoms with Crippen LogP contribution in [0.3, 0.4) is 0 Å². The standard InChI is InChI=1S/C16H22ClNO2S/c17-12-15-7-2-1-3-10-18(15)21(19,20)16-9-8-13-5-4-6-14(13)11-16/h8-9,11,15H,1-7,10,12H2. The van der Waals surface area contributed by atoms with Gasteiger partial charge < -0.3 is 0 Å². The van der Waals surface area contributed by atoms with Crippen LogP contribution in [0, 0.1) is 0 Å². The molecule has 1 aromatic rings. The quantitative estimate of drug-likeness (QED) is 0.798. The first-order valence-corrected chi connectivity index (χ1v) is 9.80. The third kappa shape index (κ3) is 2.99. The van der Waals surface area contributed by atoms with Crippen molar-refractivity contribution in [2.24, 2.45) is 0 Å². The molecule has 1 aromatic carbocycles. The van der Waals surface area contributed by atoms with E-state index in [1.54, 1.807) is 10.4 Å². The first kappa shape index (κ1) is 15.3. The highest BCUT2D eigenvalue weighted by Crippen LogP contribution is 2.29. The molecule has 0 spiro atoms. The number of hydrogen-bond donors (Lipinski definition) is 0. The fourth-order valence-corrected chi connectivity index (χ4v) is 5.61. The molecule has 1 atom stereocenters. The predicted molar refractivity (Wildman–Crippen MR) is 85.3 cm³/mol. The molecule has 1 heterocycles. The molecule has 0 radical (unpaired) electrons. The van der Waals surface area contributed by atoms with Gasteiger partial charge in [0.1, 0.15) is 0 Å². The van der Waals surface area contributed by atoms with Gasteiger partial charge in [-0.05, 0) is 55.4 Å². The van der Waals surface area contributed by atoms with Crippen molar-refractivity contribution in [3.8, 4) is 0 Å². The summed E-state index contributed by atoms with van der Waals surface area (Å²) in [5, 5.41) is 0. The minimum Gasteiger partial charge on any atom is -0.207 e. The summed E-state index contributed by atoms with van der Waals surface area (Å²) in [6, 6.07) is 5.58. The molecule has 0 amide bonds. The van der Waals surface area contributed by atoms with Gasteiger partial charge in [0.05, 0.1) is 4.90 Å². The van der Waals surface area contributed by atoms with Crippen molar-refractivity contribution < 1.29 is 8.42 Å². The number of sulfonamides is 1. The summed E-state index contributed by atoms with van der Waals surface area (Å²) in [4.78, 5) is 0.445. The Balaban J connectivity index is 1.94. The average Bonchev–Trinajstić information content (AvgIpc) is 2.81. The zero-order chi connectivity index (χ0) is 14.9. The fourth-order valence-electron chi connectivity index (χ4n) is 3.47. The van der Waals surface area contributed by atoms with Crippen molar-refractivity contribution >= 4 is 21.6 Å². The molecule has 2 aliphatic rings. The summed E-state index contributed by atoms with van der Waals surface area (Å²) < 4.78 is 27.6. The molecule has 3 rings (SSSR count). The number of rotatable bonds is 3. The molecular weight excluding hydrogens is 306 g/mol. The van der Waals surface area contributed by atoms with Crippen LogP contribution in [0.15, 0.2) is 23.1 Å². The van der Waals surface area contributed by atoms with E-state index in [2.05, 4.69) is 0 Å². The number of aryl methyl sites for hydroxylation is 2. The molecule has 5 heteroatoms. The molecule has 1 aliphatic heterocycles. The van der Waals surface area contributed by atoms with Crippen LogP contribution in [0.5, 0.6) is 0 Å². The Bertz CT molecular complexity index is 615. The van der Waals surface area contributed by atoms with Crippen molar-refractivity contribution in [3.05, 3.63) is 29.3 Å². The summed E-state index contributed by atoms with van der Waals surface area (Å²) in [6.07, 6.45) is 7.15. The number of alkyl halides is 1. The van der Waals surface area contributed by atoms with Gasteiger partial charge in [-0.3, -0.25) is 0 Å². The molecule has 3 nitrogen and oxygen atoms in total. The lowest BCUT2D eigenvalue weighted by atomic mass is 10.1. The maximum atomic E-state index is 13.0. The number of benzene rings is 1. The Kier molecular flexibility index (Phi) is 4.57. The van der Waals surface area contributed by atoms with Gasteiger partial charge in [0, 0.05) is 18.5 Å². The van der Waals surface area contributed by atoms with Gasteiger partial charge in [0.15, 0.2) is 0 Å². The normalized spacial score (nSPS) is 23.8. The highest BCUT2D eigenvalue weighted by molar-refractivity contribution is 7.89. The number of hydrogen-bond acceptors (Lipinski definition) is 2. The van der Waals surface area contributed by atoms with E-state index in [-0.39, 0.29) is 6.04 Å². The molecule has 0 N–H and O–H groups in total. The first-order valence-electron chi connectivity index (χ1n) is 7.82. The van der Waals surface area contributed by atoms with Crippen molar-refractivity contribution in [2.45, 2.75) is 55.9 Å². The van der Waals surface area contributed by atoms with E-state index in [9.17, 15) is 8.42 Å². The minimum atomic E-state index is -3.42. The molecule has 0 saturated carbocycles. The zero-order valence-electron chi connectivity index (χ0n) is 12.2. The second-order valence-corrected chi connectivity index (χ2v) is 8.26.